The Morgan fingerprint density at radius 3 is 1.26 bits per heavy atom. The van der Waals surface area contributed by atoms with Gasteiger partial charge in [-0.05, 0) is 71.3 Å². The van der Waals surface area contributed by atoms with E-state index in [1.807, 2.05) is 24.7 Å². The summed E-state index contributed by atoms with van der Waals surface area (Å²) in [5.41, 5.74) is 0.939. The van der Waals surface area contributed by atoms with Gasteiger partial charge in [0.2, 0.25) is 0 Å². The van der Waals surface area contributed by atoms with E-state index in [0.29, 0.717) is 11.8 Å². The van der Waals surface area contributed by atoms with Crippen molar-refractivity contribution in [1.29, 1.82) is 0 Å². The van der Waals surface area contributed by atoms with Crippen molar-refractivity contribution < 1.29 is 18.9 Å². The quantitative estimate of drug-likeness (QED) is 0.221. The molecule has 4 aliphatic carbocycles. The lowest BCUT2D eigenvalue weighted by Crippen LogP contribution is -2.43. The number of rotatable bonds is 9. The molecule has 0 aromatic rings. The van der Waals surface area contributed by atoms with E-state index in [-0.39, 0.29) is 56.9 Å². The van der Waals surface area contributed by atoms with Crippen molar-refractivity contribution in [2.45, 2.75) is 133 Å². The van der Waals surface area contributed by atoms with Gasteiger partial charge in [-0.25, -0.2) is 0 Å². The van der Waals surface area contributed by atoms with Crippen molar-refractivity contribution in [3.63, 3.8) is 0 Å². The summed E-state index contributed by atoms with van der Waals surface area (Å²) in [5, 5.41) is 0. The van der Waals surface area contributed by atoms with Crippen molar-refractivity contribution in [3.05, 3.63) is 24.7 Å². The molecular weight excluding hydrogens is 472 g/mol. The second-order valence-electron chi connectivity index (χ2n) is 17.0. The first-order valence-corrected chi connectivity index (χ1v) is 15.2. The molecule has 0 aromatic carbocycles. The Balaban J connectivity index is 1.40. The minimum atomic E-state index is 0.0737. The van der Waals surface area contributed by atoms with Crippen LogP contribution in [0, 0.1) is 44.3 Å². The van der Waals surface area contributed by atoms with Gasteiger partial charge in [-0.1, -0.05) is 83.1 Å². The highest BCUT2D eigenvalue weighted by Crippen LogP contribution is 2.68. The molecule has 0 N–H and O–H groups in total. The Bertz CT molecular complexity index is 828. The van der Waals surface area contributed by atoms with Crippen LogP contribution in [0.25, 0.3) is 0 Å². The van der Waals surface area contributed by atoms with Crippen LogP contribution in [-0.4, -0.2) is 37.6 Å². The smallest absolute Gasteiger partial charge is 0.130 e. The molecular formula is C34H58O4. The van der Waals surface area contributed by atoms with Crippen LogP contribution in [0.1, 0.15) is 109 Å². The van der Waals surface area contributed by atoms with Gasteiger partial charge in [0.15, 0.2) is 0 Å². The topological polar surface area (TPSA) is 36.9 Å². The summed E-state index contributed by atoms with van der Waals surface area (Å²) < 4.78 is 26.1. The SMILES string of the molecule is CC(C)(C)COC1C(O/C=C/C=C/OC2C(OCC(C)(C)C)[C@@H]3CC[C@]2(C)C3(C)C)[C@]2(C)CC[C@@H]1C2(C)C. The highest BCUT2D eigenvalue weighted by atomic mass is 16.5. The summed E-state index contributed by atoms with van der Waals surface area (Å²) in [4.78, 5) is 0. The average Bonchev–Trinajstić information content (AvgIpc) is 3.27. The van der Waals surface area contributed by atoms with Crippen LogP contribution in [0.5, 0.6) is 0 Å². The highest BCUT2D eigenvalue weighted by Gasteiger charge is 2.69. The van der Waals surface area contributed by atoms with E-state index in [4.69, 9.17) is 18.9 Å². The Hall–Kier alpha value is -1.00. The zero-order chi connectivity index (χ0) is 28.4. The van der Waals surface area contributed by atoms with Crippen LogP contribution >= 0.6 is 0 Å². The first kappa shape index (κ1) is 30.0. The van der Waals surface area contributed by atoms with Gasteiger partial charge < -0.3 is 18.9 Å². The van der Waals surface area contributed by atoms with Crippen LogP contribution in [-0.2, 0) is 18.9 Å². The Morgan fingerprint density at radius 2 is 0.947 bits per heavy atom. The number of hydrogen-bond donors (Lipinski definition) is 0. The molecule has 0 heterocycles. The van der Waals surface area contributed by atoms with E-state index in [1.54, 1.807) is 0 Å². The van der Waals surface area contributed by atoms with Gasteiger partial charge in [-0.15, -0.1) is 0 Å². The normalized spacial score (nSPS) is 41.6. The standard InChI is InChI=1S/C34H58O4/c1-29(2,3)21-37-25-23-15-17-33(11,31(23,7)8)27(25)35-19-13-14-20-36-28-26(38-22-30(4,5)6)24-16-18-34(28,12)32(24,9)10/h13-14,19-20,23-28H,15-18,21-22H2,1-12H3/b19-13+,20-14+/t23-,24-,25?,26?,27?,28?,33-,34-/m0/s1. The molecule has 218 valence electrons. The third-order valence-corrected chi connectivity index (χ3v) is 11.5. The molecule has 4 unspecified atom stereocenters. The van der Waals surface area contributed by atoms with Gasteiger partial charge in [0.05, 0.1) is 37.9 Å². The third kappa shape index (κ3) is 5.00. The number of allylic oxidation sites excluding steroid dienone is 2. The van der Waals surface area contributed by atoms with E-state index >= 15 is 0 Å². The molecule has 38 heavy (non-hydrogen) atoms. The number of hydrogen-bond acceptors (Lipinski definition) is 4. The molecule has 4 fully saturated rings. The minimum absolute atomic E-state index is 0.0737. The first-order valence-electron chi connectivity index (χ1n) is 15.2. The van der Waals surface area contributed by atoms with Gasteiger partial charge in [0.1, 0.15) is 12.2 Å². The molecule has 4 saturated carbocycles. The molecule has 0 amide bonds. The summed E-state index contributed by atoms with van der Waals surface area (Å²) in [6, 6.07) is 0. The van der Waals surface area contributed by atoms with E-state index in [1.165, 1.54) is 25.7 Å². The third-order valence-electron chi connectivity index (χ3n) is 11.5. The van der Waals surface area contributed by atoms with Crippen molar-refractivity contribution in [3.8, 4) is 0 Å². The molecule has 0 saturated heterocycles. The van der Waals surface area contributed by atoms with Gasteiger partial charge in [-0.3, -0.25) is 0 Å². The Kier molecular flexibility index (Phi) is 7.75. The number of ether oxygens (including phenoxy) is 4. The molecule has 8 atom stereocenters. The molecule has 4 nitrogen and oxygen atoms in total. The van der Waals surface area contributed by atoms with Crippen molar-refractivity contribution >= 4 is 0 Å². The lowest BCUT2D eigenvalue weighted by Gasteiger charge is -2.39. The maximum absolute atomic E-state index is 6.56. The average molecular weight is 531 g/mol. The second-order valence-corrected chi connectivity index (χ2v) is 17.0. The molecule has 0 aromatic heterocycles. The molecule has 0 radical (unpaired) electrons. The molecule has 4 rings (SSSR count). The van der Waals surface area contributed by atoms with Crippen molar-refractivity contribution in [2.24, 2.45) is 44.3 Å². The van der Waals surface area contributed by atoms with E-state index in [9.17, 15) is 0 Å². The van der Waals surface area contributed by atoms with Crippen LogP contribution in [0.3, 0.4) is 0 Å². The van der Waals surface area contributed by atoms with Crippen LogP contribution in [0.4, 0.5) is 0 Å². The zero-order valence-electron chi connectivity index (χ0n) is 26.6. The number of fused-ring (bicyclic) bond motifs is 4. The lowest BCUT2D eigenvalue weighted by molar-refractivity contribution is -0.106. The lowest BCUT2D eigenvalue weighted by atomic mass is 9.70. The van der Waals surface area contributed by atoms with E-state index < -0.39 is 0 Å². The summed E-state index contributed by atoms with van der Waals surface area (Å²) in [5.74, 6) is 1.08. The monoisotopic (exact) mass is 530 g/mol. The van der Waals surface area contributed by atoms with Gasteiger partial charge in [0, 0.05) is 10.8 Å². The Morgan fingerprint density at radius 1 is 0.605 bits per heavy atom. The molecule has 4 bridgehead atoms. The molecule has 0 spiro atoms. The zero-order valence-corrected chi connectivity index (χ0v) is 26.6. The van der Waals surface area contributed by atoms with Crippen LogP contribution in [0.2, 0.25) is 0 Å². The molecule has 4 heteroatoms. The van der Waals surface area contributed by atoms with E-state index in [0.717, 1.165) is 13.2 Å². The molecule has 4 aliphatic rings. The maximum atomic E-state index is 6.56. The summed E-state index contributed by atoms with van der Waals surface area (Å²) >= 11 is 0. The predicted octanol–water partition coefficient (Wildman–Crippen LogP) is 8.56. The minimum Gasteiger partial charge on any atom is -0.495 e. The van der Waals surface area contributed by atoms with Crippen molar-refractivity contribution in [2.75, 3.05) is 13.2 Å². The fourth-order valence-corrected chi connectivity index (χ4v) is 8.34. The van der Waals surface area contributed by atoms with Crippen LogP contribution in [0.15, 0.2) is 24.7 Å². The fraction of sp³-hybridized carbons (Fsp3) is 0.882. The molecule has 0 aliphatic heterocycles. The first-order chi connectivity index (χ1) is 17.4. The Labute approximate surface area is 234 Å². The van der Waals surface area contributed by atoms with E-state index in [2.05, 4.69) is 83.1 Å². The second kappa shape index (κ2) is 9.82. The van der Waals surface area contributed by atoms with Gasteiger partial charge in [-0.2, -0.15) is 0 Å². The van der Waals surface area contributed by atoms with Gasteiger partial charge in [0.25, 0.3) is 0 Å². The highest BCUT2D eigenvalue weighted by molar-refractivity contribution is 5.18. The maximum Gasteiger partial charge on any atom is 0.130 e. The summed E-state index contributed by atoms with van der Waals surface area (Å²) in [6.07, 6.45) is 13.0. The largest absolute Gasteiger partial charge is 0.495 e. The van der Waals surface area contributed by atoms with Gasteiger partial charge >= 0.3 is 0 Å². The van der Waals surface area contributed by atoms with Crippen molar-refractivity contribution in [1.82, 2.24) is 0 Å². The fourth-order valence-electron chi connectivity index (χ4n) is 8.34. The summed E-state index contributed by atoms with van der Waals surface area (Å²) in [7, 11) is 0. The predicted molar refractivity (Wildman–Crippen MR) is 156 cm³/mol. The van der Waals surface area contributed by atoms with Crippen LogP contribution < -0.4 is 0 Å². The summed E-state index contributed by atoms with van der Waals surface area (Å²) in [6.45, 7) is 29.4.